The summed E-state index contributed by atoms with van der Waals surface area (Å²) in [6.45, 7) is 0.148. The number of unbranched alkanes of at least 4 members (excludes halogenated alkanes) is 1. The van der Waals surface area contributed by atoms with Crippen molar-refractivity contribution in [2.45, 2.75) is 12.8 Å². The molecule has 0 bridgehead atoms. The molecular formula is C36H33O3PS. The number of phenols is 1. The monoisotopic (exact) mass is 576 g/mol. The molecule has 0 radical (unpaired) electrons. The van der Waals surface area contributed by atoms with Crippen LogP contribution in [0.2, 0.25) is 0 Å². The van der Waals surface area contributed by atoms with Crippen molar-refractivity contribution < 1.29 is 14.7 Å². The average Bonchev–Trinajstić information content (AvgIpc) is 3.06. The summed E-state index contributed by atoms with van der Waals surface area (Å²) < 4.78 is 7.76. The van der Waals surface area contributed by atoms with E-state index in [0.29, 0.717) is 12.2 Å². The van der Waals surface area contributed by atoms with Crippen molar-refractivity contribution >= 4 is 54.9 Å². The Hall–Kier alpha value is -3.82. The average molecular weight is 577 g/mol. The van der Waals surface area contributed by atoms with Gasteiger partial charge in [0.15, 0.2) is 0 Å². The van der Waals surface area contributed by atoms with Crippen molar-refractivity contribution in [3.05, 3.63) is 140 Å². The van der Waals surface area contributed by atoms with E-state index in [2.05, 4.69) is 84.9 Å². The van der Waals surface area contributed by atoms with Crippen LogP contribution >= 0.6 is 17.4 Å². The maximum absolute atomic E-state index is 12.0. The van der Waals surface area contributed by atoms with E-state index in [-0.39, 0.29) is 12.4 Å². The molecule has 0 aliphatic rings. The first kappa shape index (κ1) is 27.4. The zero-order chi connectivity index (χ0) is 28.1. The SMILES string of the molecule is OCCCCSP(Oc1c(O)c2ccccc2c2ccccc12)(c1ccccc1)(c1ccccc1)c1ccccc1. The number of aliphatic hydroxyl groups is 1. The number of hydrogen-bond acceptors (Lipinski definition) is 4. The molecule has 41 heavy (non-hydrogen) atoms. The molecule has 0 saturated carbocycles. The Bertz CT molecular complexity index is 1680. The van der Waals surface area contributed by atoms with Crippen molar-refractivity contribution in [3.8, 4) is 11.5 Å². The summed E-state index contributed by atoms with van der Waals surface area (Å²) in [5.74, 6) is 1.40. The fourth-order valence-electron chi connectivity index (χ4n) is 5.76. The molecule has 3 nitrogen and oxygen atoms in total. The molecule has 2 N–H and O–H groups in total. The third-order valence-electron chi connectivity index (χ3n) is 7.69. The summed E-state index contributed by atoms with van der Waals surface area (Å²) in [5.41, 5.74) is 0. The van der Waals surface area contributed by atoms with Crippen molar-refractivity contribution in [2.24, 2.45) is 0 Å². The zero-order valence-corrected chi connectivity index (χ0v) is 24.5. The second-order valence-electron chi connectivity index (χ2n) is 10.1. The van der Waals surface area contributed by atoms with Crippen LogP contribution in [0.1, 0.15) is 12.8 Å². The van der Waals surface area contributed by atoms with Crippen molar-refractivity contribution in [3.63, 3.8) is 0 Å². The topological polar surface area (TPSA) is 49.7 Å². The Morgan fingerprint density at radius 3 is 1.41 bits per heavy atom. The third-order valence-corrected chi connectivity index (χ3v) is 17.0. The summed E-state index contributed by atoms with van der Waals surface area (Å²) in [6.07, 6.45) is 1.54. The van der Waals surface area contributed by atoms with Crippen LogP contribution in [-0.4, -0.2) is 22.6 Å². The van der Waals surface area contributed by atoms with Crippen LogP contribution in [-0.2, 0) is 0 Å². The standard InChI is InChI=1S/C36H33O3PS/c37-26-14-15-27-41-40(28-16-4-1-5-17-28,29-18-6-2-7-19-29,30-20-8-3-9-21-30)39-36-34-25-13-11-23-32(34)31-22-10-12-24-33(31)35(36)38/h1-13,16-25,37-38H,14-15,26-27H2. The molecule has 5 heteroatoms. The van der Waals surface area contributed by atoms with Crippen LogP contribution in [0, 0.1) is 0 Å². The molecule has 6 aromatic rings. The van der Waals surface area contributed by atoms with E-state index in [4.69, 9.17) is 4.52 Å². The summed E-state index contributed by atoms with van der Waals surface area (Å²) in [5, 5.41) is 28.5. The van der Waals surface area contributed by atoms with Gasteiger partial charge in [-0.1, -0.05) is 0 Å². The molecule has 0 heterocycles. The van der Waals surface area contributed by atoms with Gasteiger partial charge in [-0.05, 0) is 0 Å². The minimum absolute atomic E-state index is 0.145. The molecule has 206 valence electrons. The van der Waals surface area contributed by atoms with Gasteiger partial charge in [0.05, 0.1) is 0 Å². The van der Waals surface area contributed by atoms with Crippen molar-refractivity contribution in [1.29, 1.82) is 0 Å². The predicted octanol–water partition coefficient (Wildman–Crippen LogP) is 7.94. The van der Waals surface area contributed by atoms with Gasteiger partial charge >= 0.3 is 246 Å². The molecule has 0 amide bonds. The van der Waals surface area contributed by atoms with Crippen LogP contribution in [0.3, 0.4) is 0 Å². The summed E-state index contributed by atoms with van der Waals surface area (Å²) in [4.78, 5) is 0. The van der Waals surface area contributed by atoms with Gasteiger partial charge in [-0.15, -0.1) is 0 Å². The quantitative estimate of drug-likeness (QED) is 0.0988. The molecule has 0 aromatic heterocycles. The summed E-state index contributed by atoms with van der Waals surface area (Å²) in [7, 11) is 0. The molecule has 0 spiro atoms. The minimum atomic E-state index is -3.86. The number of fused-ring (bicyclic) bond motifs is 3. The van der Waals surface area contributed by atoms with E-state index in [0.717, 1.165) is 49.6 Å². The van der Waals surface area contributed by atoms with Crippen molar-refractivity contribution in [2.75, 3.05) is 12.4 Å². The number of hydrogen-bond donors (Lipinski definition) is 2. The van der Waals surface area contributed by atoms with Crippen LogP contribution < -0.4 is 20.4 Å². The van der Waals surface area contributed by atoms with Crippen LogP contribution in [0.25, 0.3) is 21.5 Å². The van der Waals surface area contributed by atoms with Crippen LogP contribution in [0.15, 0.2) is 140 Å². The van der Waals surface area contributed by atoms with E-state index in [1.807, 2.05) is 66.0 Å². The maximum atomic E-state index is 12.0. The molecule has 0 fully saturated rings. The Kier molecular flexibility index (Phi) is 7.73. The van der Waals surface area contributed by atoms with Gasteiger partial charge in [-0.2, -0.15) is 0 Å². The van der Waals surface area contributed by atoms with E-state index in [1.165, 1.54) is 0 Å². The first-order valence-electron chi connectivity index (χ1n) is 14.0. The van der Waals surface area contributed by atoms with Gasteiger partial charge in [-0.25, -0.2) is 0 Å². The number of rotatable bonds is 10. The first-order valence-corrected chi connectivity index (χ1v) is 17.7. The Labute approximate surface area is 245 Å². The van der Waals surface area contributed by atoms with Gasteiger partial charge in [-0.3, -0.25) is 0 Å². The predicted molar refractivity (Wildman–Crippen MR) is 178 cm³/mol. The molecular weight excluding hydrogens is 543 g/mol. The Morgan fingerprint density at radius 1 is 0.512 bits per heavy atom. The van der Waals surface area contributed by atoms with Crippen LogP contribution in [0.5, 0.6) is 11.5 Å². The van der Waals surface area contributed by atoms with E-state index >= 15 is 0 Å². The van der Waals surface area contributed by atoms with Crippen molar-refractivity contribution in [1.82, 2.24) is 0 Å². The van der Waals surface area contributed by atoms with Crippen LogP contribution in [0.4, 0.5) is 0 Å². The van der Waals surface area contributed by atoms with Gasteiger partial charge in [0.25, 0.3) is 0 Å². The molecule has 6 rings (SSSR count). The second-order valence-corrected chi connectivity index (χ2v) is 17.3. The fraction of sp³-hybridized carbons (Fsp3) is 0.111. The number of phenolic OH excluding ortho intramolecular Hbond substituents is 1. The molecule has 0 unspecified atom stereocenters. The molecule has 0 aliphatic heterocycles. The van der Waals surface area contributed by atoms with E-state index in [9.17, 15) is 10.2 Å². The Balaban J connectivity index is 1.77. The van der Waals surface area contributed by atoms with Gasteiger partial charge in [0, 0.05) is 0 Å². The fourth-order valence-corrected chi connectivity index (χ4v) is 15.1. The Morgan fingerprint density at radius 2 is 0.927 bits per heavy atom. The molecule has 0 atom stereocenters. The zero-order valence-electron chi connectivity index (χ0n) is 22.8. The van der Waals surface area contributed by atoms with E-state index in [1.54, 1.807) is 0 Å². The second kappa shape index (κ2) is 11.6. The number of aromatic hydroxyl groups is 1. The number of benzene rings is 6. The summed E-state index contributed by atoms with van der Waals surface area (Å²) in [6, 6.07) is 43.8. The van der Waals surface area contributed by atoms with Gasteiger partial charge in [0.2, 0.25) is 0 Å². The normalized spacial score (nSPS) is 12.7. The third kappa shape index (κ3) is 4.57. The summed E-state index contributed by atoms with van der Waals surface area (Å²) >= 11 is 1.82. The number of aliphatic hydroxyl groups excluding tert-OH is 1. The first-order chi connectivity index (χ1) is 20.2. The molecule has 0 saturated heterocycles. The van der Waals surface area contributed by atoms with E-state index < -0.39 is 6.03 Å². The molecule has 0 aliphatic carbocycles. The molecule has 6 aromatic carbocycles. The van der Waals surface area contributed by atoms with Gasteiger partial charge in [0.1, 0.15) is 0 Å². The van der Waals surface area contributed by atoms with Gasteiger partial charge < -0.3 is 0 Å².